The second-order valence-electron chi connectivity index (χ2n) is 7.44. The molecule has 0 bridgehead atoms. The number of aromatic amines is 1. The highest BCUT2D eigenvalue weighted by Crippen LogP contribution is 2.30. The van der Waals surface area contributed by atoms with Crippen LogP contribution in [0.4, 0.5) is 11.6 Å². The van der Waals surface area contributed by atoms with Gasteiger partial charge in [0.1, 0.15) is 11.4 Å². The fourth-order valence-electron chi connectivity index (χ4n) is 3.05. The maximum Gasteiger partial charge on any atom is 0.273 e. The molecule has 1 amide bonds. The second kappa shape index (κ2) is 8.43. The van der Waals surface area contributed by atoms with Gasteiger partial charge in [0.2, 0.25) is 5.88 Å². The molecule has 0 aliphatic rings. The lowest BCUT2D eigenvalue weighted by Crippen LogP contribution is -2.14. The van der Waals surface area contributed by atoms with E-state index >= 15 is 0 Å². The van der Waals surface area contributed by atoms with Crippen LogP contribution >= 0.6 is 0 Å². The van der Waals surface area contributed by atoms with Gasteiger partial charge in [0.25, 0.3) is 15.9 Å². The SMILES string of the molecule is Cc1cccc(-c2cc(C(=O)Nc3ccc(S(=O)(=O)Nc4onc(C)c4C)cc3)[nH]n2)c1O. The van der Waals surface area contributed by atoms with E-state index in [0.717, 1.165) is 0 Å². The Kier molecular flexibility index (Phi) is 5.64. The Morgan fingerprint density at radius 2 is 1.82 bits per heavy atom. The van der Waals surface area contributed by atoms with Crippen molar-refractivity contribution in [1.82, 2.24) is 15.4 Å². The van der Waals surface area contributed by atoms with Gasteiger partial charge in [-0.3, -0.25) is 9.89 Å². The molecule has 2 aromatic heterocycles. The number of benzene rings is 2. The van der Waals surface area contributed by atoms with Crippen molar-refractivity contribution in [1.29, 1.82) is 0 Å². The van der Waals surface area contributed by atoms with E-state index in [1.807, 2.05) is 0 Å². The van der Waals surface area contributed by atoms with Crippen LogP contribution in [-0.4, -0.2) is 34.8 Å². The highest BCUT2D eigenvalue weighted by Gasteiger charge is 2.20. The van der Waals surface area contributed by atoms with Crippen LogP contribution < -0.4 is 10.0 Å². The summed E-state index contributed by atoms with van der Waals surface area (Å²) in [5.41, 5.74) is 3.38. The molecule has 0 saturated heterocycles. The van der Waals surface area contributed by atoms with Gasteiger partial charge in [-0.25, -0.2) is 13.1 Å². The number of nitrogens with zero attached hydrogens (tertiary/aromatic N) is 2. The van der Waals surface area contributed by atoms with Crippen molar-refractivity contribution in [2.45, 2.75) is 25.7 Å². The zero-order valence-corrected chi connectivity index (χ0v) is 18.8. The van der Waals surface area contributed by atoms with E-state index in [2.05, 4.69) is 25.4 Å². The maximum absolute atomic E-state index is 12.6. The minimum absolute atomic E-state index is 0.00676. The summed E-state index contributed by atoms with van der Waals surface area (Å²) < 4.78 is 32.5. The van der Waals surface area contributed by atoms with E-state index in [0.29, 0.717) is 33.8 Å². The van der Waals surface area contributed by atoms with Crippen LogP contribution in [0.15, 0.2) is 57.9 Å². The van der Waals surface area contributed by atoms with Crippen molar-refractivity contribution in [3.63, 3.8) is 0 Å². The summed E-state index contributed by atoms with van der Waals surface area (Å²) in [4.78, 5) is 12.6. The lowest BCUT2D eigenvalue weighted by atomic mass is 10.1. The molecule has 0 spiro atoms. The molecule has 0 saturated carbocycles. The van der Waals surface area contributed by atoms with Gasteiger partial charge in [-0.05, 0) is 62.7 Å². The highest BCUT2D eigenvalue weighted by molar-refractivity contribution is 7.92. The predicted octanol–water partition coefficient (Wildman–Crippen LogP) is 3.75. The molecule has 4 rings (SSSR count). The Hall–Kier alpha value is -4.12. The predicted molar refractivity (Wildman–Crippen MR) is 122 cm³/mol. The molecule has 2 heterocycles. The number of hydrogen-bond donors (Lipinski definition) is 4. The van der Waals surface area contributed by atoms with Gasteiger partial charge in [0, 0.05) is 16.8 Å². The Labute approximate surface area is 189 Å². The van der Waals surface area contributed by atoms with Gasteiger partial charge in [-0.15, -0.1) is 0 Å². The molecular weight excluding hydrogens is 446 g/mol. The third kappa shape index (κ3) is 4.44. The summed E-state index contributed by atoms with van der Waals surface area (Å²) in [6.45, 7) is 5.18. The zero-order chi connectivity index (χ0) is 23.8. The van der Waals surface area contributed by atoms with Crippen LogP contribution in [0, 0.1) is 20.8 Å². The van der Waals surface area contributed by atoms with Gasteiger partial charge < -0.3 is 14.9 Å². The molecule has 0 aliphatic heterocycles. The average molecular weight is 468 g/mol. The summed E-state index contributed by atoms with van der Waals surface area (Å²) in [5.74, 6) is -0.320. The number of para-hydroxylation sites is 1. The summed E-state index contributed by atoms with van der Waals surface area (Å²) >= 11 is 0. The third-order valence-electron chi connectivity index (χ3n) is 5.14. The largest absolute Gasteiger partial charge is 0.507 e. The van der Waals surface area contributed by atoms with Crippen LogP contribution in [-0.2, 0) is 10.0 Å². The Morgan fingerprint density at radius 3 is 2.48 bits per heavy atom. The molecule has 0 fully saturated rings. The molecule has 11 heteroatoms. The molecule has 33 heavy (non-hydrogen) atoms. The molecule has 10 nitrogen and oxygen atoms in total. The van der Waals surface area contributed by atoms with Crippen molar-refractivity contribution >= 4 is 27.5 Å². The van der Waals surface area contributed by atoms with Crippen molar-refractivity contribution in [2.24, 2.45) is 0 Å². The van der Waals surface area contributed by atoms with Gasteiger partial charge in [0.15, 0.2) is 0 Å². The van der Waals surface area contributed by atoms with Crippen molar-refractivity contribution in [2.75, 3.05) is 10.0 Å². The molecule has 2 aromatic carbocycles. The number of carbonyl (C=O) groups excluding carboxylic acids is 1. The Bertz CT molecular complexity index is 1440. The van der Waals surface area contributed by atoms with Crippen molar-refractivity contribution in [3.05, 3.63) is 71.0 Å². The second-order valence-corrected chi connectivity index (χ2v) is 9.13. The number of hydrogen-bond acceptors (Lipinski definition) is 7. The number of phenols is 1. The van der Waals surface area contributed by atoms with Crippen LogP contribution in [0.25, 0.3) is 11.3 Å². The van der Waals surface area contributed by atoms with Crippen LogP contribution in [0.1, 0.15) is 27.3 Å². The zero-order valence-electron chi connectivity index (χ0n) is 18.0. The lowest BCUT2D eigenvalue weighted by Gasteiger charge is -2.08. The number of sulfonamides is 1. The molecule has 0 radical (unpaired) electrons. The quantitative estimate of drug-likeness (QED) is 0.337. The first kappa shape index (κ1) is 22.1. The smallest absolute Gasteiger partial charge is 0.273 e. The van der Waals surface area contributed by atoms with Crippen LogP contribution in [0.2, 0.25) is 0 Å². The summed E-state index contributed by atoms with van der Waals surface area (Å²) in [6, 6.07) is 12.4. The van der Waals surface area contributed by atoms with Crippen molar-refractivity contribution < 1.29 is 22.8 Å². The molecule has 4 N–H and O–H groups in total. The van der Waals surface area contributed by atoms with Crippen LogP contribution in [0.5, 0.6) is 5.75 Å². The molecule has 0 unspecified atom stereocenters. The number of aromatic hydroxyl groups is 1. The van der Waals surface area contributed by atoms with E-state index in [-0.39, 0.29) is 22.2 Å². The molecule has 0 aliphatic carbocycles. The van der Waals surface area contributed by atoms with E-state index in [1.165, 1.54) is 30.3 Å². The minimum atomic E-state index is -3.89. The minimum Gasteiger partial charge on any atom is -0.507 e. The number of carbonyl (C=O) groups is 1. The first-order valence-corrected chi connectivity index (χ1v) is 11.4. The van der Waals surface area contributed by atoms with Crippen molar-refractivity contribution in [3.8, 4) is 17.0 Å². The van der Waals surface area contributed by atoms with Gasteiger partial charge in [-0.2, -0.15) is 5.10 Å². The number of aromatic nitrogens is 3. The number of nitrogens with one attached hydrogen (secondary N) is 3. The van der Waals surface area contributed by atoms with E-state index in [9.17, 15) is 18.3 Å². The summed E-state index contributed by atoms with van der Waals surface area (Å²) in [6.07, 6.45) is 0. The van der Waals surface area contributed by atoms with E-state index in [1.54, 1.807) is 39.0 Å². The first-order valence-electron chi connectivity index (χ1n) is 9.87. The fourth-order valence-corrected chi connectivity index (χ4v) is 4.10. The monoisotopic (exact) mass is 467 g/mol. The fraction of sp³-hybridized carbons (Fsp3) is 0.136. The third-order valence-corrected chi connectivity index (χ3v) is 6.49. The van der Waals surface area contributed by atoms with Crippen LogP contribution in [0.3, 0.4) is 0 Å². The number of amides is 1. The number of anilines is 2. The first-order chi connectivity index (χ1) is 15.7. The topological polar surface area (TPSA) is 150 Å². The lowest BCUT2D eigenvalue weighted by molar-refractivity contribution is 0.102. The van der Waals surface area contributed by atoms with Gasteiger partial charge in [0.05, 0.1) is 16.3 Å². The number of rotatable bonds is 6. The summed E-state index contributed by atoms with van der Waals surface area (Å²) in [7, 11) is -3.89. The highest BCUT2D eigenvalue weighted by atomic mass is 32.2. The molecule has 170 valence electrons. The summed E-state index contributed by atoms with van der Waals surface area (Å²) in [5, 5.41) is 23.4. The molecule has 4 aromatic rings. The van der Waals surface area contributed by atoms with Gasteiger partial charge >= 0.3 is 0 Å². The van der Waals surface area contributed by atoms with E-state index in [4.69, 9.17) is 4.52 Å². The maximum atomic E-state index is 12.6. The molecule has 0 atom stereocenters. The number of phenolic OH excluding ortho intramolecular Hbond substituents is 1. The Balaban J connectivity index is 1.47. The standard InChI is InChI=1S/C22H21N5O5S/c1-12-5-4-6-17(20(12)28)18-11-19(25-24-18)21(29)23-15-7-9-16(10-8-15)33(30,31)27-22-13(2)14(3)26-32-22/h4-11,27-28H,1-3H3,(H,23,29)(H,24,25). The number of aryl methyl sites for hydroxylation is 2. The number of H-pyrrole nitrogens is 1. The normalized spacial score (nSPS) is 11.4. The van der Waals surface area contributed by atoms with E-state index < -0.39 is 15.9 Å². The molecular formula is C22H21N5O5S. The Morgan fingerprint density at radius 1 is 1.09 bits per heavy atom. The average Bonchev–Trinajstić information content (AvgIpc) is 3.39. The van der Waals surface area contributed by atoms with Gasteiger partial charge in [-0.1, -0.05) is 17.3 Å².